The van der Waals surface area contributed by atoms with Crippen LogP contribution in [0, 0.1) is 6.92 Å². The van der Waals surface area contributed by atoms with Crippen molar-refractivity contribution in [2.24, 2.45) is 4.99 Å². The van der Waals surface area contributed by atoms with E-state index in [4.69, 9.17) is 16.6 Å². The molecule has 0 spiro atoms. The van der Waals surface area contributed by atoms with E-state index < -0.39 is 0 Å². The van der Waals surface area contributed by atoms with Crippen LogP contribution in [-0.2, 0) is 0 Å². The molecule has 5 rings (SSSR count). The lowest BCUT2D eigenvalue weighted by Crippen LogP contribution is -2.08. The number of fused-ring (bicyclic) bond motifs is 1. The number of nitrogens with zero attached hydrogens (tertiary/aromatic N) is 2. The summed E-state index contributed by atoms with van der Waals surface area (Å²) in [4.78, 5) is 7.59. The van der Waals surface area contributed by atoms with Gasteiger partial charge in [0.1, 0.15) is 6.17 Å². The van der Waals surface area contributed by atoms with E-state index in [-0.39, 0.29) is 6.17 Å². The number of aliphatic imine (C=N–C) groups is 1. The summed E-state index contributed by atoms with van der Waals surface area (Å²) in [6.07, 6.45) is 0.0544. The Balaban J connectivity index is 1.56. The van der Waals surface area contributed by atoms with Crippen molar-refractivity contribution < 1.29 is 0 Å². The smallest absolute Gasteiger partial charge is 0.129 e. The van der Waals surface area contributed by atoms with E-state index in [1.54, 1.807) is 0 Å². The van der Waals surface area contributed by atoms with Crippen molar-refractivity contribution in [2.75, 3.05) is 0 Å². The van der Waals surface area contributed by atoms with Crippen molar-refractivity contribution in [2.45, 2.75) is 25.2 Å². The molecule has 26 heavy (non-hydrogen) atoms. The van der Waals surface area contributed by atoms with Crippen molar-refractivity contribution in [3.63, 3.8) is 0 Å². The SMILES string of the molecule is Cc1ccc(C2=NC(c3ccc(Cl)cc3)N3C2C3c2ccccc2)cc1. The highest BCUT2D eigenvalue weighted by Crippen LogP contribution is 2.55. The van der Waals surface area contributed by atoms with Crippen LogP contribution in [0.15, 0.2) is 83.9 Å². The normalized spacial score (nSPS) is 26.3. The molecular formula is C23H19ClN2. The van der Waals surface area contributed by atoms with Gasteiger partial charge in [0.05, 0.1) is 17.8 Å². The molecule has 4 atom stereocenters. The van der Waals surface area contributed by atoms with Crippen LogP contribution >= 0.6 is 11.6 Å². The Morgan fingerprint density at radius 1 is 0.769 bits per heavy atom. The number of hydrogen-bond acceptors (Lipinski definition) is 2. The lowest BCUT2D eigenvalue weighted by molar-refractivity contribution is 0.404. The van der Waals surface area contributed by atoms with E-state index in [2.05, 4.69) is 78.6 Å². The minimum atomic E-state index is 0.0544. The second-order valence-electron chi connectivity index (χ2n) is 7.05. The third-order valence-electron chi connectivity index (χ3n) is 5.33. The Morgan fingerprint density at radius 2 is 1.46 bits per heavy atom. The Labute approximate surface area is 158 Å². The van der Waals surface area contributed by atoms with Crippen LogP contribution in [0.2, 0.25) is 5.02 Å². The third-order valence-corrected chi connectivity index (χ3v) is 5.58. The van der Waals surface area contributed by atoms with Crippen LogP contribution in [0.25, 0.3) is 0 Å². The Hall–Kier alpha value is -2.42. The monoisotopic (exact) mass is 358 g/mol. The first-order valence-corrected chi connectivity index (χ1v) is 9.33. The van der Waals surface area contributed by atoms with Gasteiger partial charge in [-0.3, -0.25) is 9.89 Å². The predicted octanol–water partition coefficient (Wildman–Crippen LogP) is 5.58. The molecule has 0 saturated carbocycles. The summed E-state index contributed by atoms with van der Waals surface area (Å²) >= 11 is 6.08. The zero-order valence-electron chi connectivity index (χ0n) is 14.5. The second kappa shape index (κ2) is 6.08. The maximum Gasteiger partial charge on any atom is 0.129 e. The fourth-order valence-corrected chi connectivity index (χ4v) is 4.10. The fraction of sp³-hybridized carbons (Fsp3) is 0.174. The predicted molar refractivity (Wildman–Crippen MR) is 107 cm³/mol. The summed E-state index contributed by atoms with van der Waals surface area (Å²) < 4.78 is 0. The summed E-state index contributed by atoms with van der Waals surface area (Å²) in [5.41, 5.74) is 6.24. The van der Waals surface area contributed by atoms with Gasteiger partial charge < -0.3 is 0 Å². The highest BCUT2D eigenvalue weighted by molar-refractivity contribution is 6.30. The van der Waals surface area contributed by atoms with Crippen LogP contribution in [-0.4, -0.2) is 16.7 Å². The fourth-order valence-electron chi connectivity index (χ4n) is 3.97. The summed E-state index contributed by atoms with van der Waals surface area (Å²) in [5.74, 6) is 0. The number of aryl methyl sites for hydroxylation is 1. The largest absolute Gasteiger partial charge is 0.263 e. The third kappa shape index (κ3) is 2.57. The topological polar surface area (TPSA) is 15.4 Å². The van der Waals surface area contributed by atoms with E-state index in [0.717, 1.165) is 5.02 Å². The minimum absolute atomic E-state index is 0.0544. The molecule has 2 aliphatic heterocycles. The Morgan fingerprint density at radius 3 is 2.15 bits per heavy atom. The van der Waals surface area contributed by atoms with Gasteiger partial charge in [-0.2, -0.15) is 0 Å². The van der Waals surface area contributed by atoms with E-state index in [1.807, 2.05) is 12.1 Å². The lowest BCUT2D eigenvalue weighted by Gasteiger charge is -2.14. The molecular weight excluding hydrogens is 340 g/mol. The molecule has 1 fully saturated rings. The lowest BCUT2D eigenvalue weighted by atomic mass is 10.0. The van der Waals surface area contributed by atoms with Gasteiger partial charge in [0.2, 0.25) is 0 Å². The van der Waals surface area contributed by atoms with Crippen LogP contribution in [0.3, 0.4) is 0 Å². The molecule has 3 aromatic carbocycles. The molecule has 0 amide bonds. The molecule has 128 valence electrons. The maximum atomic E-state index is 6.08. The molecule has 2 heterocycles. The minimum Gasteiger partial charge on any atom is -0.263 e. The average Bonchev–Trinajstić information content (AvgIpc) is 3.29. The van der Waals surface area contributed by atoms with E-state index in [9.17, 15) is 0 Å². The molecule has 2 aliphatic rings. The van der Waals surface area contributed by atoms with Crippen LogP contribution in [0.4, 0.5) is 0 Å². The summed E-state index contributed by atoms with van der Waals surface area (Å²) in [5, 5.41) is 0.761. The molecule has 0 radical (unpaired) electrons. The van der Waals surface area contributed by atoms with Crippen LogP contribution < -0.4 is 0 Å². The van der Waals surface area contributed by atoms with Crippen molar-refractivity contribution in [3.8, 4) is 0 Å². The van der Waals surface area contributed by atoms with Gasteiger partial charge in [0.25, 0.3) is 0 Å². The van der Waals surface area contributed by atoms with Crippen LogP contribution in [0.1, 0.15) is 34.5 Å². The maximum absolute atomic E-state index is 6.08. The van der Waals surface area contributed by atoms with Gasteiger partial charge in [-0.15, -0.1) is 0 Å². The van der Waals surface area contributed by atoms with Gasteiger partial charge in [-0.1, -0.05) is 83.9 Å². The standard InChI is InChI=1S/C23H19ClN2/c1-15-7-9-16(10-8-15)20-22-21(17-5-3-2-4-6-17)26(22)23(25-20)18-11-13-19(24)14-12-18/h2-14,21-23H,1H3. The number of benzene rings is 3. The number of rotatable bonds is 3. The Bertz CT molecular complexity index is 961. The average molecular weight is 359 g/mol. The van der Waals surface area contributed by atoms with E-state index in [0.29, 0.717) is 12.1 Å². The van der Waals surface area contributed by atoms with Gasteiger partial charge in [-0.25, -0.2) is 0 Å². The van der Waals surface area contributed by atoms with Gasteiger partial charge >= 0.3 is 0 Å². The van der Waals surface area contributed by atoms with Crippen molar-refractivity contribution in [3.05, 3.63) is 106 Å². The van der Waals surface area contributed by atoms with Crippen LogP contribution in [0.5, 0.6) is 0 Å². The van der Waals surface area contributed by atoms with Gasteiger partial charge in [-0.05, 0) is 35.7 Å². The first-order valence-electron chi connectivity index (χ1n) is 8.95. The molecule has 0 bridgehead atoms. The van der Waals surface area contributed by atoms with Gasteiger partial charge in [0.15, 0.2) is 0 Å². The molecule has 3 aromatic rings. The zero-order chi connectivity index (χ0) is 17.7. The molecule has 3 heteroatoms. The quantitative estimate of drug-likeness (QED) is 0.558. The van der Waals surface area contributed by atoms with Crippen molar-refractivity contribution in [1.82, 2.24) is 4.90 Å². The summed E-state index contributed by atoms with van der Waals surface area (Å²) in [7, 11) is 0. The van der Waals surface area contributed by atoms with E-state index >= 15 is 0 Å². The molecule has 0 aliphatic carbocycles. The number of halogens is 1. The number of hydrogen-bond donors (Lipinski definition) is 0. The Kier molecular flexibility index (Phi) is 3.70. The highest BCUT2D eigenvalue weighted by atomic mass is 35.5. The molecule has 4 unspecified atom stereocenters. The highest BCUT2D eigenvalue weighted by Gasteiger charge is 2.59. The first-order chi connectivity index (χ1) is 12.7. The van der Waals surface area contributed by atoms with Crippen molar-refractivity contribution in [1.29, 1.82) is 0 Å². The second-order valence-corrected chi connectivity index (χ2v) is 7.49. The molecule has 0 aromatic heterocycles. The molecule has 0 N–H and O–H groups in total. The van der Waals surface area contributed by atoms with Crippen molar-refractivity contribution >= 4 is 17.3 Å². The first kappa shape index (κ1) is 15.8. The molecule has 2 nitrogen and oxygen atoms in total. The van der Waals surface area contributed by atoms with Gasteiger partial charge in [0, 0.05) is 5.02 Å². The molecule has 1 saturated heterocycles. The summed E-state index contributed by atoms with van der Waals surface area (Å²) in [6.45, 7) is 2.12. The zero-order valence-corrected chi connectivity index (χ0v) is 15.3. The van der Waals surface area contributed by atoms with E-state index in [1.165, 1.54) is 28.0 Å². The summed E-state index contributed by atoms with van der Waals surface area (Å²) in [6, 6.07) is 28.3.